The van der Waals surface area contributed by atoms with Gasteiger partial charge in [-0.05, 0) is 30.4 Å². The van der Waals surface area contributed by atoms with Crippen LogP contribution in [-0.4, -0.2) is 78.5 Å². The lowest BCUT2D eigenvalue weighted by Crippen LogP contribution is -2.56. The summed E-state index contributed by atoms with van der Waals surface area (Å²) in [6.07, 6.45) is 0.487. The number of benzene rings is 1. The minimum Gasteiger partial charge on any atom is -0.463 e. The number of carbonyl (C=O) groups excluding carboxylic acids is 3. The maximum absolute atomic E-state index is 13.2. The second kappa shape index (κ2) is 10.8. The van der Waals surface area contributed by atoms with Crippen LogP contribution in [0, 0.1) is 0 Å². The van der Waals surface area contributed by atoms with E-state index in [1.54, 1.807) is 14.0 Å². The molecule has 2 unspecified atom stereocenters. The monoisotopic (exact) mass is 484 g/mol. The van der Waals surface area contributed by atoms with Crippen molar-refractivity contribution in [1.82, 2.24) is 20.0 Å². The molecule has 1 saturated heterocycles. The SMILES string of the molecule is CCOC(=O)C1=C(CN2CCN(C(=O)CC)C(C)C2)N(C)C(=O)NC1c1ccc(C(C)(C)C)cc1. The summed E-state index contributed by atoms with van der Waals surface area (Å²) in [6, 6.07) is 7.26. The number of piperazine rings is 1. The molecule has 1 N–H and O–H groups in total. The second-order valence-electron chi connectivity index (χ2n) is 10.4. The Morgan fingerprint density at radius 1 is 1.11 bits per heavy atom. The summed E-state index contributed by atoms with van der Waals surface area (Å²) in [5.74, 6) is -0.274. The maximum atomic E-state index is 13.2. The maximum Gasteiger partial charge on any atom is 0.338 e. The van der Waals surface area contributed by atoms with Crippen LogP contribution in [0.5, 0.6) is 0 Å². The number of urea groups is 1. The highest BCUT2D eigenvalue weighted by atomic mass is 16.5. The molecule has 3 rings (SSSR count). The van der Waals surface area contributed by atoms with Gasteiger partial charge in [0.15, 0.2) is 0 Å². The topological polar surface area (TPSA) is 82.2 Å². The van der Waals surface area contributed by atoms with Crippen LogP contribution in [0.1, 0.15) is 65.1 Å². The quantitative estimate of drug-likeness (QED) is 0.626. The number of nitrogens with one attached hydrogen (secondary N) is 1. The minimum absolute atomic E-state index is 0.00245. The first-order valence-corrected chi connectivity index (χ1v) is 12.5. The summed E-state index contributed by atoms with van der Waals surface area (Å²) < 4.78 is 5.45. The highest BCUT2D eigenvalue weighted by Gasteiger charge is 2.38. The number of hydrogen-bond donors (Lipinski definition) is 1. The van der Waals surface area contributed by atoms with E-state index in [1.165, 1.54) is 10.5 Å². The normalized spacial score (nSPS) is 21.7. The molecule has 8 nitrogen and oxygen atoms in total. The molecule has 0 bridgehead atoms. The van der Waals surface area contributed by atoms with Crippen LogP contribution in [0.25, 0.3) is 0 Å². The molecule has 2 atom stereocenters. The van der Waals surface area contributed by atoms with Gasteiger partial charge in [0.05, 0.1) is 18.2 Å². The van der Waals surface area contributed by atoms with Gasteiger partial charge >= 0.3 is 12.0 Å². The van der Waals surface area contributed by atoms with Gasteiger partial charge in [-0.3, -0.25) is 14.6 Å². The van der Waals surface area contributed by atoms with E-state index in [0.29, 0.717) is 43.9 Å². The van der Waals surface area contributed by atoms with Crippen LogP contribution in [0.2, 0.25) is 0 Å². The van der Waals surface area contributed by atoms with Crippen LogP contribution >= 0.6 is 0 Å². The Morgan fingerprint density at radius 2 is 1.77 bits per heavy atom. The number of carbonyl (C=O) groups is 3. The molecule has 0 saturated carbocycles. The van der Waals surface area contributed by atoms with Gasteiger partial charge in [-0.2, -0.15) is 0 Å². The first-order chi connectivity index (χ1) is 16.5. The molecule has 1 aromatic carbocycles. The molecule has 0 aromatic heterocycles. The standard InChI is InChI=1S/C27H40N4O4/c1-8-22(32)31-15-14-30(16-18(31)3)17-21-23(25(33)35-9-2)24(28-26(34)29(21)7)19-10-12-20(13-11-19)27(4,5)6/h10-13,18,24H,8-9,14-17H2,1-7H3,(H,28,34). The second-order valence-corrected chi connectivity index (χ2v) is 10.4. The molecule has 1 fully saturated rings. The third-order valence-corrected chi connectivity index (χ3v) is 6.89. The van der Waals surface area contributed by atoms with E-state index in [-0.39, 0.29) is 30.0 Å². The van der Waals surface area contributed by atoms with Gasteiger partial charge in [-0.15, -0.1) is 0 Å². The zero-order chi connectivity index (χ0) is 25.9. The molecule has 0 radical (unpaired) electrons. The molecular formula is C27H40N4O4. The van der Waals surface area contributed by atoms with Gasteiger partial charge < -0.3 is 15.0 Å². The number of hydrogen-bond acceptors (Lipinski definition) is 5. The first-order valence-electron chi connectivity index (χ1n) is 12.5. The van der Waals surface area contributed by atoms with E-state index in [4.69, 9.17) is 4.74 Å². The third-order valence-electron chi connectivity index (χ3n) is 6.89. The van der Waals surface area contributed by atoms with Gasteiger partial charge in [0.1, 0.15) is 0 Å². The number of ether oxygens (including phenoxy) is 1. The molecule has 1 aromatic rings. The Labute approximate surface area is 209 Å². The molecule has 3 amide bonds. The molecule has 8 heteroatoms. The summed E-state index contributed by atoms with van der Waals surface area (Å²) in [5.41, 5.74) is 3.11. The van der Waals surface area contributed by atoms with Gasteiger partial charge in [0, 0.05) is 51.4 Å². The van der Waals surface area contributed by atoms with Crippen LogP contribution in [0.15, 0.2) is 35.5 Å². The third kappa shape index (κ3) is 5.86. The average molecular weight is 485 g/mol. The van der Waals surface area contributed by atoms with Crippen molar-refractivity contribution < 1.29 is 19.1 Å². The van der Waals surface area contributed by atoms with Gasteiger partial charge in [-0.1, -0.05) is 52.0 Å². The van der Waals surface area contributed by atoms with Crippen molar-refractivity contribution in [3.05, 3.63) is 46.7 Å². The van der Waals surface area contributed by atoms with Crippen LogP contribution < -0.4 is 5.32 Å². The number of nitrogens with zero attached hydrogens (tertiary/aromatic N) is 3. The van der Waals surface area contributed by atoms with E-state index in [0.717, 1.165) is 5.56 Å². The fourth-order valence-corrected chi connectivity index (χ4v) is 4.79. The lowest BCUT2D eigenvalue weighted by Gasteiger charge is -2.42. The van der Waals surface area contributed by atoms with Crippen molar-refractivity contribution in [3.63, 3.8) is 0 Å². The summed E-state index contributed by atoms with van der Waals surface area (Å²) in [4.78, 5) is 44.1. The van der Waals surface area contributed by atoms with Crippen LogP contribution in [0.4, 0.5) is 4.79 Å². The fourth-order valence-electron chi connectivity index (χ4n) is 4.79. The molecule has 2 heterocycles. The zero-order valence-electron chi connectivity index (χ0n) is 22.2. The Kier molecular flexibility index (Phi) is 8.26. The predicted molar refractivity (Wildman–Crippen MR) is 136 cm³/mol. The fraction of sp³-hybridized carbons (Fsp3) is 0.593. The van der Waals surface area contributed by atoms with E-state index in [9.17, 15) is 14.4 Å². The Bertz CT molecular complexity index is 980. The Morgan fingerprint density at radius 3 is 2.31 bits per heavy atom. The van der Waals surface area contributed by atoms with Gasteiger partial charge in [0.25, 0.3) is 0 Å². The van der Waals surface area contributed by atoms with Gasteiger partial charge in [0.2, 0.25) is 5.91 Å². The van der Waals surface area contributed by atoms with Crippen molar-refractivity contribution in [2.45, 2.75) is 65.5 Å². The summed E-state index contributed by atoms with van der Waals surface area (Å²) in [6.45, 7) is 14.8. The van der Waals surface area contributed by atoms with Crippen molar-refractivity contribution in [1.29, 1.82) is 0 Å². The van der Waals surface area contributed by atoms with E-state index in [2.05, 4.69) is 31.0 Å². The van der Waals surface area contributed by atoms with Crippen molar-refractivity contribution in [2.24, 2.45) is 0 Å². The van der Waals surface area contributed by atoms with Crippen LogP contribution in [-0.2, 0) is 19.7 Å². The smallest absolute Gasteiger partial charge is 0.338 e. The minimum atomic E-state index is -0.595. The molecule has 192 valence electrons. The Hall–Kier alpha value is -2.87. The van der Waals surface area contributed by atoms with Gasteiger partial charge in [-0.25, -0.2) is 9.59 Å². The molecule has 2 aliphatic heterocycles. The summed E-state index contributed by atoms with van der Waals surface area (Å²) in [5, 5.41) is 2.99. The highest BCUT2D eigenvalue weighted by Crippen LogP contribution is 2.33. The predicted octanol–water partition coefficient (Wildman–Crippen LogP) is 3.44. The van der Waals surface area contributed by atoms with Crippen LogP contribution in [0.3, 0.4) is 0 Å². The summed E-state index contributed by atoms with van der Waals surface area (Å²) >= 11 is 0. The first kappa shape index (κ1) is 26.7. The lowest BCUT2D eigenvalue weighted by atomic mass is 9.85. The lowest BCUT2D eigenvalue weighted by molar-refractivity contribution is -0.139. The average Bonchev–Trinajstić information content (AvgIpc) is 2.81. The number of esters is 1. The number of likely N-dealkylation sites (N-methyl/N-ethyl adjacent to an activating group) is 1. The largest absolute Gasteiger partial charge is 0.463 e. The van der Waals surface area contributed by atoms with E-state index < -0.39 is 12.0 Å². The number of rotatable bonds is 6. The van der Waals surface area contributed by atoms with E-state index >= 15 is 0 Å². The molecular weight excluding hydrogens is 444 g/mol. The number of amides is 3. The van der Waals surface area contributed by atoms with Crippen molar-refractivity contribution >= 4 is 17.9 Å². The molecule has 2 aliphatic rings. The molecule has 0 aliphatic carbocycles. The highest BCUT2D eigenvalue weighted by molar-refractivity contribution is 5.95. The Balaban J connectivity index is 1.97. The summed E-state index contributed by atoms with van der Waals surface area (Å²) in [7, 11) is 1.68. The zero-order valence-corrected chi connectivity index (χ0v) is 22.2. The molecule has 0 spiro atoms. The van der Waals surface area contributed by atoms with E-state index in [1.807, 2.05) is 43.0 Å². The molecule has 35 heavy (non-hydrogen) atoms. The van der Waals surface area contributed by atoms with Crippen molar-refractivity contribution in [3.8, 4) is 0 Å². The van der Waals surface area contributed by atoms with Crippen molar-refractivity contribution in [2.75, 3.05) is 39.8 Å².